The van der Waals surface area contributed by atoms with E-state index >= 15 is 0 Å². The topological polar surface area (TPSA) is 46.3 Å². The Morgan fingerprint density at radius 1 is 0.923 bits per heavy atom. The van der Waals surface area contributed by atoms with Gasteiger partial charge in [0.15, 0.2) is 0 Å². The number of anilines is 3. The van der Waals surface area contributed by atoms with E-state index in [1.165, 1.54) is 0 Å². The molecular formula is C21H18N2OS2. The van der Waals surface area contributed by atoms with Crippen molar-refractivity contribution in [2.45, 2.75) is 26.9 Å². The maximum Gasteiger partial charge on any atom is 0.244 e. The van der Waals surface area contributed by atoms with Gasteiger partial charge < -0.3 is 5.73 Å². The average Bonchev–Trinajstić information content (AvgIpc) is 2.67. The number of para-hydroxylation sites is 2. The molecule has 4 rings (SSSR count). The molecule has 1 heterocycles. The van der Waals surface area contributed by atoms with E-state index in [2.05, 4.69) is 12.1 Å². The molecule has 2 N–H and O–H groups in total. The maximum absolute atomic E-state index is 13.4. The summed E-state index contributed by atoms with van der Waals surface area (Å²) in [6.07, 6.45) is 0. The van der Waals surface area contributed by atoms with Crippen molar-refractivity contribution in [1.29, 1.82) is 0 Å². The Morgan fingerprint density at radius 3 is 2.04 bits per heavy atom. The number of thioether (sulfide) groups is 1. The first-order valence-corrected chi connectivity index (χ1v) is 10.0. The molecule has 0 saturated heterocycles. The number of hydrogen-bond donors (Lipinski definition) is 1. The molecule has 3 aromatic carbocycles. The molecule has 0 radical (unpaired) electrons. The highest BCUT2D eigenvalue weighted by atomic mass is 32.2. The second-order valence-corrected chi connectivity index (χ2v) is 8.54. The summed E-state index contributed by atoms with van der Waals surface area (Å²) >= 11 is 3.26. The van der Waals surface area contributed by atoms with Crippen LogP contribution in [0.2, 0.25) is 0 Å². The van der Waals surface area contributed by atoms with Crippen molar-refractivity contribution >= 4 is 46.5 Å². The molecule has 130 valence electrons. The van der Waals surface area contributed by atoms with Gasteiger partial charge in [-0.1, -0.05) is 36.0 Å². The van der Waals surface area contributed by atoms with Crippen LogP contribution in [0, 0.1) is 0 Å². The average molecular weight is 379 g/mol. The lowest BCUT2D eigenvalue weighted by Crippen LogP contribution is -2.34. The number of carbonyl (C=O) groups excluding carboxylic acids is 1. The van der Waals surface area contributed by atoms with Gasteiger partial charge in [0.1, 0.15) is 0 Å². The van der Waals surface area contributed by atoms with E-state index in [-0.39, 0.29) is 11.2 Å². The molecule has 26 heavy (non-hydrogen) atoms. The zero-order chi connectivity index (χ0) is 18.1. The third kappa shape index (κ3) is 3.20. The van der Waals surface area contributed by atoms with Gasteiger partial charge in [-0.05, 0) is 55.5 Å². The summed E-state index contributed by atoms with van der Waals surface area (Å²) in [6, 6.07) is 23.8. The summed E-state index contributed by atoms with van der Waals surface area (Å²) in [6.45, 7) is 1.95. The fourth-order valence-electron chi connectivity index (χ4n) is 2.92. The summed E-state index contributed by atoms with van der Waals surface area (Å²) in [5.41, 5.74) is 8.38. The number of rotatable bonds is 3. The minimum atomic E-state index is -0.220. The number of nitrogens with zero attached hydrogens (tertiary/aromatic N) is 1. The summed E-state index contributed by atoms with van der Waals surface area (Å²) in [5, 5.41) is -0.220. The third-order valence-corrected chi connectivity index (χ3v) is 6.42. The van der Waals surface area contributed by atoms with Gasteiger partial charge in [-0.2, -0.15) is 0 Å². The van der Waals surface area contributed by atoms with E-state index in [4.69, 9.17) is 5.73 Å². The molecule has 3 nitrogen and oxygen atoms in total. The monoisotopic (exact) mass is 378 g/mol. The van der Waals surface area contributed by atoms with E-state index in [0.717, 1.165) is 31.7 Å². The largest absolute Gasteiger partial charge is 0.399 e. The Bertz CT molecular complexity index is 911. The van der Waals surface area contributed by atoms with Crippen molar-refractivity contribution in [2.24, 2.45) is 0 Å². The van der Waals surface area contributed by atoms with Crippen LogP contribution < -0.4 is 10.6 Å². The lowest BCUT2D eigenvalue weighted by Gasteiger charge is -2.32. The van der Waals surface area contributed by atoms with Crippen LogP contribution in [-0.4, -0.2) is 11.2 Å². The van der Waals surface area contributed by atoms with Crippen LogP contribution >= 0.6 is 23.5 Å². The summed E-state index contributed by atoms with van der Waals surface area (Å²) in [7, 11) is 0. The predicted octanol–water partition coefficient (Wildman–Crippen LogP) is 5.58. The number of nitrogen functional groups attached to an aromatic ring is 1. The number of carbonyl (C=O) groups is 1. The van der Waals surface area contributed by atoms with E-state index in [9.17, 15) is 4.79 Å². The van der Waals surface area contributed by atoms with Gasteiger partial charge in [-0.15, -0.1) is 11.8 Å². The zero-order valence-corrected chi connectivity index (χ0v) is 15.9. The highest BCUT2D eigenvalue weighted by Gasteiger charge is 2.30. The molecule has 3 aromatic rings. The van der Waals surface area contributed by atoms with Crippen LogP contribution in [-0.2, 0) is 4.79 Å². The molecule has 1 atom stereocenters. The molecular weight excluding hydrogens is 360 g/mol. The van der Waals surface area contributed by atoms with Crippen molar-refractivity contribution in [3.05, 3.63) is 72.8 Å². The Hall–Kier alpha value is -2.37. The van der Waals surface area contributed by atoms with Crippen molar-refractivity contribution in [2.75, 3.05) is 10.6 Å². The van der Waals surface area contributed by atoms with E-state index in [1.807, 2.05) is 72.5 Å². The summed E-state index contributed by atoms with van der Waals surface area (Å²) in [4.78, 5) is 18.5. The standard InChI is InChI=1S/C21H18N2OS2/c1-14(25-16-12-10-15(22)11-13-16)21(24)23-17-6-2-4-8-19(17)26-20-9-5-3-7-18(20)23/h2-14H,22H2,1H3. The van der Waals surface area contributed by atoms with Crippen LogP contribution in [0.1, 0.15) is 6.92 Å². The molecule has 5 heteroatoms. The molecule has 0 saturated carbocycles. The molecule has 0 spiro atoms. The third-order valence-electron chi connectivity index (χ3n) is 4.19. The van der Waals surface area contributed by atoms with Crippen LogP contribution in [0.5, 0.6) is 0 Å². The Morgan fingerprint density at radius 2 is 1.46 bits per heavy atom. The quantitative estimate of drug-likeness (QED) is 0.477. The van der Waals surface area contributed by atoms with Gasteiger partial charge in [-0.25, -0.2) is 0 Å². The highest BCUT2D eigenvalue weighted by molar-refractivity contribution is 8.00. The maximum atomic E-state index is 13.4. The number of fused-ring (bicyclic) bond motifs is 2. The molecule has 1 aliphatic rings. The first-order valence-electron chi connectivity index (χ1n) is 8.35. The van der Waals surface area contributed by atoms with Crippen LogP contribution in [0.4, 0.5) is 17.1 Å². The van der Waals surface area contributed by atoms with Crippen molar-refractivity contribution in [3.8, 4) is 0 Å². The molecule has 0 bridgehead atoms. The van der Waals surface area contributed by atoms with Gasteiger partial charge in [0.05, 0.1) is 16.6 Å². The van der Waals surface area contributed by atoms with Gasteiger partial charge in [-0.3, -0.25) is 9.69 Å². The molecule has 0 aliphatic carbocycles. The normalized spacial score (nSPS) is 13.7. The second kappa shape index (κ2) is 7.09. The number of amides is 1. The van der Waals surface area contributed by atoms with E-state index in [0.29, 0.717) is 0 Å². The zero-order valence-electron chi connectivity index (χ0n) is 14.3. The Labute approximate surface area is 161 Å². The Balaban J connectivity index is 1.68. The van der Waals surface area contributed by atoms with Crippen LogP contribution in [0.25, 0.3) is 0 Å². The molecule has 1 aliphatic heterocycles. The van der Waals surface area contributed by atoms with Crippen molar-refractivity contribution in [3.63, 3.8) is 0 Å². The summed E-state index contributed by atoms with van der Waals surface area (Å²) < 4.78 is 0. The van der Waals surface area contributed by atoms with Crippen molar-refractivity contribution in [1.82, 2.24) is 0 Å². The van der Waals surface area contributed by atoms with E-state index in [1.54, 1.807) is 23.5 Å². The lowest BCUT2D eigenvalue weighted by atomic mass is 10.2. The fraction of sp³-hybridized carbons (Fsp3) is 0.0952. The van der Waals surface area contributed by atoms with Gasteiger partial charge in [0, 0.05) is 20.4 Å². The number of nitrogens with two attached hydrogens (primary N) is 1. The lowest BCUT2D eigenvalue weighted by molar-refractivity contribution is -0.117. The van der Waals surface area contributed by atoms with Crippen molar-refractivity contribution < 1.29 is 4.79 Å². The first-order chi connectivity index (χ1) is 12.6. The van der Waals surface area contributed by atoms with Gasteiger partial charge in [0.25, 0.3) is 0 Å². The second-order valence-electron chi connectivity index (χ2n) is 6.04. The summed E-state index contributed by atoms with van der Waals surface area (Å²) in [5.74, 6) is 0.0759. The predicted molar refractivity (Wildman–Crippen MR) is 110 cm³/mol. The first kappa shape index (κ1) is 17.1. The molecule has 0 fully saturated rings. The molecule has 1 unspecified atom stereocenters. The highest BCUT2D eigenvalue weighted by Crippen LogP contribution is 2.48. The smallest absolute Gasteiger partial charge is 0.244 e. The van der Waals surface area contributed by atoms with E-state index < -0.39 is 0 Å². The van der Waals surface area contributed by atoms with Crippen LogP contribution in [0.3, 0.4) is 0 Å². The molecule has 1 amide bonds. The number of hydrogen-bond acceptors (Lipinski definition) is 4. The number of benzene rings is 3. The fourth-order valence-corrected chi connectivity index (χ4v) is 4.89. The molecule has 0 aromatic heterocycles. The minimum Gasteiger partial charge on any atom is -0.399 e. The van der Waals surface area contributed by atoms with Gasteiger partial charge in [0.2, 0.25) is 5.91 Å². The SMILES string of the molecule is CC(Sc1ccc(N)cc1)C(=O)N1c2ccccc2Sc2ccccc21. The Kier molecular flexibility index (Phi) is 4.66. The minimum absolute atomic E-state index is 0.0759. The van der Waals surface area contributed by atoms with Gasteiger partial charge >= 0.3 is 0 Å². The van der Waals surface area contributed by atoms with Crippen LogP contribution in [0.15, 0.2) is 87.5 Å².